The van der Waals surface area contributed by atoms with Crippen molar-refractivity contribution in [2.45, 2.75) is 43.2 Å². The molecule has 0 amide bonds. The molecule has 0 aliphatic heterocycles. The largest absolute Gasteiger partial charge is 0.297 e. The lowest BCUT2D eigenvalue weighted by atomic mass is 10.2. The van der Waals surface area contributed by atoms with Crippen molar-refractivity contribution in [1.29, 1.82) is 0 Å². The second-order valence-electron chi connectivity index (χ2n) is 5.90. The van der Waals surface area contributed by atoms with E-state index in [1.165, 1.54) is 0 Å². The van der Waals surface area contributed by atoms with Gasteiger partial charge in [0.2, 0.25) is 0 Å². The minimum absolute atomic E-state index is 0.0325. The van der Waals surface area contributed by atoms with E-state index in [-0.39, 0.29) is 15.9 Å². The minimum Gasteiger partial charge on any atom is -0.259 e. The molecular weight excluding hydrogens is 264 g/mol. The van der Waals surface area contributed by atoms with E-state index in [9.17, 15) is 8.42 Å². The van der Waals surface area contributed by atoms with E-state index < -0.39 is 15.7 Å². The quantitative estimate of drug-likeness (QED) is 0.626. The van der Waals surface area contributed by atoms with Crippen LogP contribution in [0.4, 0.5) is 0 Å². The van der Waals surface area contributed by atoms with Gasteiger partial charge in [0.1, 0.15) is 0 Å². The number of hydrogen-bond donors (Lipinski definition) is 0. The maximum atomic E-state index is 12.2. The molecule has 1 aliphatic rings. The monoisotopic (exact) mass is 284 g/mol. The topological polar surface area (TPSA) is 43.4 Å². The maximum Gasteiger partial charge on any atom is 0.297 e. The fraction of sp³-hybridized carbons (Fsp3) is 0.538. The molecule has 0 N–H and O–H groups in total. The summed E-state index contributed by atoms with van der Waals surface area (Å²) < 4.78 is 29.9. The van der Waals surface area contributed by atoms with E-state index in [0.29, 0.717) is 0 Å². The number of aryl methyl sites for hydroxylation is 1. The van der Waals surface area contributed by atoms with Crippen LogP contribution >= 0.6 is 0 Å². The molecule has 3 nitrogen and oxygen atoms in total. The van der Waals surface area contributed by atoms with Gasteiger partial charge in [-0.1, -0.05) is 31.5 Å². The Labute approximate surface area is 112 Å². The van der Waals surface area contributed by atoms with Crippen LogP contribution in [0.5, 0.6) is 0 Å². The van der Waals surface area contributed by atoms with Gasteiger partial charge in [-0.05, 0) is 36.9 Å². The summed E-state index contributed by atoms with van der Waals surface area (Å²) in [5.41, 5.74) is 0.496. The second-order valence-corrected chi connectivity index (χ2v) is 9.52. The molecule has 0 spiro atoms. The highest BCUT2D eigenvalue weighted by Crippen LogP contribution is 2.68. The average molecular weight is 284 g/mol. The summed E-state index contributed by atoms with van der Waals surface area (Å²) >= 11 is 0. The highest BCUT2D eigenvalue weighted by Gasteiger charge is 2.68. The van der Waals surface area contributed by atoms with Gasteiger partial charge in [-0.2, -0.15) is 8.42 Å². The molecule has 1 aromatic rings. The Balaban J connectivity index is 2.27. The molecule has 0 radical (unpaired) electrons. The predicted molar refractivity (Wildman–Crippen MR) is 75.3 cm³/mol. The molecule has 0 heterocycles. The predicted octanol–water partition coefficient (Wildman–Crippen LogP) is 1.65. The average Bonchev–Trinajstić information content (AvgIpc) is 2.62. The van der Waals surface area contributed by atoms with Crippen LogP contribution in [0.3, 0.4) is 0 Å². The second kappa shape index (κ2) is 3.92. The molecule has 0 saturated heterocycles. The third-order valence-electron chi connectivity index (χ3n) is 4.70. The van der Waals surface area contributed by atoms with Crippen LogP contribution in [-0.4, -0.2) is 24.3 Å². The summed E-state index contributed by atoms with van der Waals surface area (Å²) in [7, 11) is -2.73. The van der Waals surface area contributed by atoms with Crippen LogP contribution in [0.25, 0.3) is 0 Å². The standard InChI is InChI=1S/C13H20O3SSi/c1-9-5-7-11(8-6-9)17(14,15)16-12(3)10(2)13(12,4)18/h5-8,10H,1-4,18H3. The molecule has 2 rings (SSSR count). The molecular formula is C13H20O3SSi. The Morgan fingerprint density at radius 2 is 1.67 bits per heavy atom. The molecule has 1 aliphatic carbocycles. The lowest BCUT2D eigenvalue weighted by Crippen LogP contribution is -2.21. The maximum absolute atomic E-state index is 12.2. The van der Waals surface area contributed by atoms with Gasteiger partial charge in [-0.25, -0.2) is 0 Å². The third-order valence-corrected chi connectivity index (χ3v) is 7.97. The summed E-state index contributed by atoms with van der Waals surface area (Å²) in [6.45, 7) is 7.97. The van der Waals surface area contributed by atoms with Gasteiger partial charge in [0.15, 0.2) is 0 Å². The van der Waals surface area contributed by atoms with Gasteiger partial charge in [0, 0.05) is 10.2 Å². The van der Waals surface area contributed by atoms with E-state index >= 15 is 0 Å². The van der Waals surface area contributed by atoms with E-state index in [1.54, 1.807) is 24.3 Å². The zero-order chi connectivity index (χ0) is 13.8. The summed E-state index contributed by atoms with van der Waals surface area (Å²) in [5.74, 6) is 0.289. The number of hydrogen-bond acceptors (Lipinski definition) is 3. The minimum atomic E-state index is -3.65. The SMILES string of the molecule is Cc1ccc(S(=O)(=O)OC2(C)C(C)C2(C)[SiH3])cc1. The molecule has 18 heavy (non-hydrogen) atoms. The van der Waals surface area contributed by atoms with Gasteiger partial charge in [-0.15, -0.1) is 0 Å². The van der Waals surface area contributed by atoms with Crippen molar-refractivity contribution in [3.05, 3.63) is 29.8 Å². The fourth-order valence-electron chi connectivity index (χ4n) is 2.39. The number of rotatable bonds is 3. The van der Waals surface area contributed by atoms with Gasteiger partial charge in [0.25, 0.3) is 10.1 Å². The molecule has 0 bridgehead atoms. The zero-order valence-electron chi connectivity index (χ0n) is 11.5. The van der Waals surface area contributed by atoms with Crippen LogP contribution in [0.2, 0.25) is 5.04 Å². The highest BCUT2D eigenvalue weighted by molar-refractivity contribution is 7.86. The third kappa shape index (κ3) is 1.94. The highest BCUT2D eigenvalue weighted by atomic mass is 32.2. The van der Waals surface area contributed by atoms with Crippen molar-refractivity contribution in [3.8, 4) is 0 Å². The molecule has 3 unspecified atom stereocenters. The van der Waals surface area contributed by atoms with Crippen molar-refractivity contribution in [3.63, 3.8) is 0 Å². The van der Waals surface area contributed by atoms with Gasteiger partial charge in [-0.3, -0.25) is 4.18 Å². The fourth-order valence-corrected chi connectivity index (χ4v) is 4.86. The molecule has 1 saturated carbocycles. The van der Waals surface area contributed by atoms with Crippen molar-refractivity contribution < 1.29 is 12.6 Å². The van der Waals surface area contributed by atoms with Crippen molar-refractivity contribution in [2.24, 2.45) is 5.92 Å². The zero-order valence-corrected chi connectivity index (χ0v) is 14.3. The van der Waals surface area contributed by atoms with Crippen LogP contribution in [0, 0.1) is 12.8 Å². The Morgan fingerprint density at radius 1 is 1.22 bits per heavy atom. The molecule has 5 heteroatoms. The lowest BCUT2D eigenvalue weighted by molar-refractivity contribution is 0.183. The smallest absolute Gasteiger partial charge is 0.259 e. The van der Waals surface area contributed by atoms with Crippen LogP contribution < -0.4 is 0 Å². The molecule has 3 atom stereocenters. The first-order valence-corrected chi connectivity index (χ1v) is 8.54. The molecule has 1 aromatic carbocycles. The molecule has 1 fully saturated rings. The summed E-state index contributed by atoms with van der Waals surface area (Å²) in [4.78, 5) is 0.242. The van der Waals surface area contributed by atoms with Gasteiger partial charge in [0.05, 0.1) is 10.5 Å². The van der Waals surface area contributed by atoms with Crippen molar-refractivity contribution in [2.75, 3.05) is 0 Å². The van der Waals surface area contributed by atoms with Crippen molar-refractivity contribution >= 4 is 20.4 Å². The van der Waals surface area contributed by atoms with Gasteiger partial charge >= 0.3 is 0 Å². The normalized spacial score (nSPS) is 35.7. The Hall–Kier alpha value is -0.653. The van der Waals surface area contributed by atoms with E-state index in [4.69, 9.17) is 4.18 Å². The summed E-state index contributed by atoms with van der Waals surface area (Å²) in [6.07, 6.45) is 0. The number of benzene rings is 1. The first-order chi connectivity index (χ1) is 8.11. The van der Waals surface area contributed by atoms with E-state index in [0.717, 1.165) is 15.8 Å². The molecule has 0 aromatic heterocycles. The van der Waals surface area contributed by atoms with Crippen LogP contribution in [0.15, 0.2) is 29.2 Å². The van der Waals surface area contributed by atoms with Gasteiger partial charge < -0.3 is 0 Å². The molecule has 100 valence electrons. The Bertz CT molecular complexity index is 562. The van der Waals surface area contributed by atoms with Crippen LogP contribution in [0.1, 0.15) is 26.3 Å². The first kappa shape index (κ1) is 13.8. The lowest BCUT2D eigenvalue weighted by Gasteiger charge is -2.16. The summed E-state index contributed by atoms with van der Waals surface area (Å²) in [6, 6.07) is 6.78. The van der Waals surface area contributed by atoms with E-state index in [2.05, 4.69) is 13.8 Å². The Morgan fingerprint density at radius 3 is 2.06 bits per heavy atom. The first-order valence-electron chi connectivity index (χ1n) is 6.13. The van der Waals surface area contributed by atoms with E-state index in [1.807, 2.05) is 13.8 Å². The summed E-state index contributed by atoms with van der Waals surface area (Å²) in [5, 5.41) is 0.0325. The van der Waals surface area contributed by atoms with Crippen LogP contribution in [-0.2, 0) is 14.3 Å². The Kier molecular flexibility index (Phi) is 3.00. The van der Waals surface area contributed by atoms with Crippen molar-refractivity contribution in [1.82, 2.24) is 0 Å².